The van der Waals surface area contributed by atoms with Gasteiger partial charge in [-0.2, -0.15) is 22.0 Å². The largest absolute Gasteiger partial charge is 0.416 e. The first-order valence-electron chi connectivity index (χ1n) is 7.00. The molecule has 0 saturated heterocycles. The van der Waals surface area contributed by atoms with Gasteiger partial charge in [-0.1, -0.05) is 18.2 Å². The second kappa shape index (κ2) is 7.81. The fourth-order valence-corrected chi connectivity index (χ4v) is 2.77. The number of hydrogen-bond acceptors (Lipinski definition) is 3. The number of pyridine rings is 1. The van der Waals surface area contributed by atoms with Crippen LogP contribution in [0.5, 0.6) is 0 Å². The molecule has 0 aliphatic rings. The molecule has 0 radical (unpaired) electrons. The van der Waals surface area contributed by atoms with Crippen LogP contribution in [0.25, 0.3) is 0 Å². The summed E-state index contributed by atoms with van der Waals surface area (Å²) in [5.41, 5.74) is -1.01. The number of benzene rings is 1. The highest BCUT2D eigenvalue weighted by atomic mass is 32.2. The molecular weight excluding hydrogens is 363 g/mol. The summed E-state index contributed by atoms with van der Waals surface area (Å²) in [6.45, 7) is -0.317. The lowest BCUT2D eigenvalue weighted by atomic mass is 10.1. The highest BCUT2D eigenvalue weighted by Crippen LogP contribution is 2.33. The molecule has 25 heavy (non-hydrogen) atoms. The summed E-state index contributed by atoms with van der Waals surface area (Å²) < 4.78 is 64.2. The lowest BCUT2D eigenvalue weighted by molar-refractivity contribution is -0.138. The zero-order valence-electron chi connectivity index (χ0n) is 12.9. The van der Waals surface area contributed by atoms with Gasteiger partial charge in [0, 0.05) is 19.8 Å². The zero-order valence-corrected chi connectivity index (χ0v) is 13.7. The summed E-state index contributed by atoms with van der Waals surface area (Å²) >= 11 is 0.113. The van der Waals surface area contributed by atoms with E-state index in [1.807, 2.05) is 0 Å². The smallest absolute Gasteiger partial charge is 0.337 e. The van der Waals surface area contributed by atoms with Gasteiger partial charge in [-0.05, 0) is 35.5 Å². The summed E-state index contributed by atoms with van der Waals surface area (Å²) in [7, 11) is 1.30. The van der Waals surface area contributed by atoms with Crippen molar-refractivity contribution in [1.82, 2.24) is 9.88 Å². The van der Waals surface area contributed by atoms with E-state index in [4.69, 9.17) is 0 Å². The molecule has 0 aliphatic heterocycles. The highest BCUT2D eigenvalue weighted by molar-refractivity contribution is 7.99. The zero-order chi connectivity index (χ0) is 18.6. The second-order valence-electron chi connectivity index (χ2n) is 5.05. The summed E-state index contributed by atoms with van der Waals surface area (Å²) in [6, 6.07) is 7.60. The van der Waals surface area contributed by atoms with E-state index in [2.05, 4.69) is 4.98 Å². The minimum Gasteiger partial charge on any atom is -0.337 e. The van der Waals surface area contributed by atoms with Crippen LogP contribution >= 0.6 is 11.8 Å². The third-order valence-electron chi connectivity index (χ3n) is 3.28. The molecule has 1 aromatic heterocycles. The summed E-state index contributed by atoms with van der Waals surface area (Å²) in [5.74, 6) is -3.45. The van der Waals surface area contributed by atoms with Gasteiger partial charge < -0.3 is 4.90 Å². The number of rotatable bonds is 5. The van der Waals surface area contributed by atoms with E-state index < -0.39 is 23.4 Å². The molecule has 0 bridgehead atoms. The lowest BCUT2D eigenvalue weighted by Crippen LogP contribution is -2.28. The summed E-state index contributed by atoms with van der Waals surface area (Å²) in [4.78, 5) is 17.2. The number of carbonyl (C=O) groups is 1. The third-order valence-corrected chi connectivity index (χ3v) is 4.01. The minimum absolute atomic E-state index is 0.0835. The second-order valence-corrected chi connectivity index (χ2v) is 6.03. The number of carbonyl (C=O) groups excluding carboxylic acids is 1. The Kier molecular flexibility index (Phi) is 5.99. The summed E-state index contributed by atoms with van der Waals surface area (Å²) in [6.07, 6.45) is -3.29. The molecule has 0 fully saturated rings. The highest BCUT2D eigenvalue weighted by Gasteiger charge is 2.33. The molecule has 2 rings (SSSR count). The first-order valence-corrected chi connectivity index (χ1v) is 7.88. The van der Waals surface area contributed by atoms with Crippen molar-refractivity contribution in [3.63, 3.8) is 0 Å². The van der Waals surface area contributed by atoms with Crippen molar-refractivity contribution in [1.29, 1.82) is 0 Å². The number of halogens is 5. The number of amides is 1. The van der Waals surface area contributed by atoms with Crippen LogP contribution in [-0.4, -0.2) is 28.6 Å². The molecule has 0 unspecified atom stereocenters. The number of hydrogen-bond donors (Lipinski definition) is 0. The van der Waals surface area contributed by atoms with Gasteiger partial charge in [0.1, 0.15) is 5.03 Å². The molecular formula is C16H13F5N2OS. The molecule has 1 aromatic carbocycles. The fourth-order valence-electron chi connectivity index (χ4n) is 2.20. The van der Waals surface area contributed by atoms with Gasteiger partial charge in [-0.25, -0.2) is 4.98 Å². The Hall–Kier alpha value is -2.16. The maximum atomic E-state index is 13.0. The minimum atomic E-state index is -4.55. The molecule has 0 spiro atoms. The maximum Gasteiger partial charge on any atom is 0.416 e. The monoisotopic (exact) mass is 376 g/mol. The van der Waals surface area contributed by atoms with Crippen molar-refractivity contribution >= 4 is 17.7 Å². The number of nitrogens with zero attached hydrogens (tertiary/aromatic N) is 2. The lowest BCUT2D eigenvalue weighted by Gasteiger charge is -2.21. The predicted octanol–water partition coefficient (Wildman–Crippen LogP) is 4.69. The molecule has 0 aliphatic carbocycles. The fraction of sp³-hybridized carbons (Fsp3) is 0.250. The van der Waals surface area contributed by atoms with Crippen molar-refractivity contribution in [2.45, 2.75) is 23.5 Å². The third kappa shape index (κ3) is 4.91. The van der Waals surface area contributed by atoms with E-state index in [9.17, 15) is 26.7 Å². The van der Waals surface area contributed by atoms with Gasteiger partial charge in [-0.3, -0.25) is 4.79 Å². The van der Waals surface area contributed by atoms with Crippen LogP contribution in [0.2, 0.25) is 0 Å². The van der Waals surface area contributed by atoms with Crippen LogP contribution in [0.4, 0.5) is 22.0 Å². The molecule has 9 heteroatoms. The van der Waals surface area contributed by atoms with Gasteiger partial charge in [-0.15, -0.1) is 0 Å². The number of aromatic nitrogens is 1. The van der Waals surface area contributed by atoms with Crippen molar-refractivity contribution < 1.29 is 26.7 Å². The van der Waals surface area contributed by atoms with E-state index in [1.165, 1.54) is 43.6 Å². The topological polar surface area (TPSA) is 33.2 Å². The number of alkyl halides is 5. The first kappa shape index (κ1) is 19.2. The van der Waals surface area contributed by atoms with Crippen LogP contribution in [0, 0.1) is 0 Å². The van der Waals surface area contributed by atoms with Crippen LogP contribution < -0.4 is 0 Å². The summed E-state index contributed by atoms with van der Waals surface area (Å²) in [5, 5.41) is -0.168. The average molecular weight is 376 g/mol. The van der Waals surface area contributed by atoms with Crippen LogP contribution in [0.3, 0.4) is 0 Å². The van der Waals surface area contributed by atoms with E-state index in [0.717, 1.165) is 11.0 Å². The van der Waals surface area contributed by atoms with Crippen LogP contribution in [-0.2, 0) is 12.7 Å². The molecule has 1 heterocycles. The maximum absolute atomic E-state index is 13.0. The van der Waals surface area contributed by atoms with Crippen molar-refractivity contribution in [2.24, 2.45) is 0 Å². The molecule has 0 saturated carbocycles. The van der Waals surface area contributed by atoms with Crippen molar-refractivity contribution in [3.8, 4) is 0 Å². The average Bonchev–Trinajstić information content (AvgIpc) is 2.53. The molecule has 3 nitrogen and oxygen atoms in total. The van der Waals surface area contributed by atoms with E-state index in [0.29, 0.717) is 0 Å². The SMILES string of the molecule is CN(Cc1ccccc1C(F)(F)F)C(=O)c1cccnc1SC(F)F. The van der Waals surface area contributed by atoms with Gasteiger partial charge >= 0.3 is 6.18 Å². The Labute approximate surface area is 144 Å². The standard InChI is InChI=1S/C16H13F5N2OS/c1-23(9-10-5-2-3-7-12(10)16(19,20)21)14(24)11-6-4-8-22-13(11)25-15(17)18/h2-8,15H,9H2,1H3. The molecule has 0 N–H and O–H groups in total. The molecule has 2 aromatic rings. The van der Waals surface area contributed by atoms with Gasteiger partial charge in [0.25, 0.3) is 11.7 Å². The Bertz CT molecular complexity index is 751. The van der Waals surface area contributed by atoms with Crippen molar-refractivity contribution in [3.05, 3.63) is 59.3 Å². The van der Waals surface area contributed by atoms with Gasteiger partial charge in [0.15, 0.2) is 0 Å². The Balaban J connectivity index is 2.26. The first-order chi connectivity index (χ1) is 11.7. The Morgan fingerprint density at radius 2 is 1.88 bits per heavy atom. The number of thioether (sulfide) groups is 1. The van der Waals surface area contributed by atoms with E-state index >= 15 is 0 Å². The van der Waals surface area contributed by atoms with E-state index in [-0.39, 0.29) is 34.5 Å². The normalized spacial score (nSPS) is 11.6. The van der Waals surface area contributed by atoms with Gasteiger partial charge in [0.2, 0.25) is 0 Å². The Morgan fingerprint density at radius 3 is 2.52 bits per heavy atom. The van der Waals surface area contributed by atoms with Gasteiger partial charge in [0.05, 0.1) is 11.1 Å². The van der Waals surface area contributed by atoms with Crippen molar-refractivity contribution in [2.75, 3.05) is 7.05 Å². The molecule has 0 atom stereocenters. The van der Waals surface area contributed by atoms with E-state index in [1.54, 1.807) is 0 Å². The van der Waals surface area contributed by atoms with Crippen LogP contribution in [0.15, 0.2) is 47.6 Å². The quantitative estimate of drug-likeness (QED) is 0.561. The predicted molar refractivity (Wildman–Crippen MR) is 83.3 cm³/mol. The molecule has 1 amide bonds. The Morgan fingerprint density at radius 1 is 1.20 bits per heavy atom. The van der Waals surface area contributed by atoms with Crippen LogP contribution in [0.1, 0.15) is 21.5 Å². The molecule has 134 valence electrons.